The highest BCUT2D eigenvalue weighted by atomic mass is 16.4. The van der Waals surface area contributed by atoms with Crippen LogP contribution in [0, 0.1) is 0 Å². The third kappa shape index (κ3) is 1.88. The SMILES string of the molecule is O=C(O)Cc1ccc2cc[nH]c(=O)c2c1. The highest BCUT2D eigenvalue weighted by Crippen LogP contribution is 2.11. The molecule has 0 bridgehead atoms. The smallest absolute Gasteiger partial charge is 0.307 e. The molecule has 2 aromatic rings. The van der Waals surface area contributed by atoms with E-state index in [1.165, 1.54) is 0 Å². The lowest BCUT2D eigenvalue weighted by Crippen LogP contribution is -2.06. The van der Waals surface area contributed by atoms with Gasteiger partial charge in [-0.2, -0.15) is 0 Å². The molecule has 0 amide bonds. The van der Waals surface area contributed by atoms with Gasteiger partial charge in [0.15, 0.2) is 0 Å². The van der Waals surface area contributed by atoms with Crippen LogP contribution in [0.2, 0.25) is 0 Å². The van der Waals surface area contributed by atoms with Crippen LogP contribution in [0.5, 0.6) is 0 Å². The Labute approximate surface area is 85.2 Å². The van der Waals surface area contributed by atoms with E-state index in [4.69, 9.17) is 5.11 Å². The molecule has 0 aliphatic carbocycles. The molecule has 0 unspecified atom stereocenters. The summed E-state index contributed by atoms with van der Waals surface area (Å²) in [6, 6.07) is 6.86. The quantitative estimate of drug-likeness (QED) is 0.769. The highest BCUT2D eigenvalue weighted by molar-refractivity contribution is 5.83. The number of hydrogen-bond donors (Lipinski definition) is 2. The minimum Gasteiger partial charge on any atom is -0.481 e. The van der Waals surface area contributed by atoms with Crippen molar-refractivity contribution in [1.29, 1.82) is 0 Å². The monoisotopic (exact) mass is 203 g/mol. The lowest BCUT2D eigenvalue weighted by molar-refractivity contribution is -0.136. The molecular formula is C11H9NO3. The number of aromatic amines is 1. The van der Waals surface area contributed by atoms with Crippen molar-refractivity contribution in [3.8, 4) is 0 Å². The van der Waals surface area contributed by atoms with Crippen molar-refractivity contribution in [3.05, 3.63) is 46.4 Å². The number of pyridine rings is 1. The number of carboxylic acid groups (broad SMARTS) is 1. The van der Waals surface area contributed by atoms with Gasteiger partial charge in [-0.05, 0) is 23.1 Å². The summed E-state index contributed by atoms with van der Waals surface area (Å²) in [7, 11) is 0. The number of aromatic nitrogens is 1. The predicted octanol–water partition coefficient (Wildman–Crippen LogP) is 1.16. The van der Waals surface area contributed by atoms with Crippen molar-refractivity contribution in [1.82, 2.24) is 4.98 Å². The van der Waals surface area contributed by atoms with Crippen LogP contribution in [0.4, 0.5) is 0 Å². The summed E-state index contributed by atoms with van der Waals surface area (Å²) in [5.74, 6) is -0.901. The summed E-state index contributed by atoms with van der Waals surface area (Å²) in [5, 5.41) is 9.96. The zero-order valence-corrected chi connectivity index (χ0v) is 7.86. The maximum atomic E-state index is 11.4. The molecule has 0 aliphatic rings. The predicted molar refractivity (Wildman–Crippen MR) is 55.9 cm³/mol. The topological polar surface area (TPSA) is 70.2 Å². The number of nitrogens with one attached hydrogen (secondary N) is 1. The van der Waals surface area contributed by atoms with Gasteiger partial charge in [0.2, 0.25) is 0 Å². The first-order chi connectivity index (χ1) is 7.16. The fourth-order valence-corrected chi connectivity index (χ4v) is 1.51. The number of hydrogen-bond acceptors (Lipinski definition) is 2. The standard InChI is InChI=1S/C11H9NO3/c13-10(14)6-7-1-2-8-3-4-12-11(15)9(8)5-7/h1-5H,6H2,(H,12,15)(H,13,14). The van der Waals surface area contributed by atoms with Crippen LogP contribution in [0.25, 0.3) is 10.8 Å². The van der Waals surface area contributed by atoms with Gasteiger partial charge in [-0.1, -0.05) is 12.1 Å². The molecule has 0 saturated heterocycles. The molecule has 1 heterocycles. The second-order valence-electron chi connectivity index (χ2n) is 3.30. The molecule has 0 atom stereocenters. The number of rotatable bonds is 2. The Hall–Kier alpha value is -2.10. The van der Waals surface area contributed by atoms with Crippen LogP contribution in [0.3, 0.4) is 0 Å². The minimum atomic E-state index is -0.901. The van der Waals surface area contributed by atoms with Crippen LogP contribution in [0.1, 0.15) is 5.56 Å². The number of carbonyl (C=O) groups is 1. The van der Waals surface area contributed by atoms with Crippen molar-refractivity contribution in [3.63, 3.8) is 0 Å². The average Bonchev–Trinajstić information content (AvgIpc) is 2.18. The first kappa shape index (κ1) is 9.45. The van der Waals surface area contributed by atoms with E-state index in [0.717, 1.165) is 5.39 Å². The maximum absolute atomic E-state index is 11.4. The normalized spacial score (nSPS) is 10.4. The molecular weight excluding hydrogens is 194 g/mol. The second-order valence-corrected chi connectivity index (χ2v) is 3.30. The molecule has 1 aromatic heterocycles. The largest absolute Gasteiger partial charge is 0.481 e. The van der Waals surface area contributed by atoms with Gasteiger partial charge in [-0.15, -0.1) is 0 Å². The molecule has 15 heavy (non-hydrogen) atoms. The van der Waals surface area contributed by atoms with E-state index in [0.29, 0.717) is 10.9 Å². The Morgan fingerprint density at radius 3 is 2.87 bits per heavy atom. The van der Waals surface area contributed by atoms with Crippen LogP contribution in [0.15, 0.2) is 35.3 Å². The van der Waals surface area contributed by atoms with Gasteiger partial charge in [-0.3, -0.25) is 9.59 Å². The average molecular weight is 203 g/mol. The molecule has 4 heteroatoms. The van der Waals surface area contributed by atoms with Crippen molar-refractivity contribution in [2.45, 2.75) is 6.42 Å². The maximum Gasteiger partial charge on any atom is 0.307 e. The fraction of sp³-hybridized carbons (Fsp3) is 0.0909. The molecule has 76 valence electrons. The lowest BCUT2D eigenvalue weighted by atomic mass is 10.1. The van der Waals surface area contributed by atoms with Gasteiger partial charge in [-0.25, -0.2) is 0 Å². The summed E-state index contributed by atoms with van der Waals surface area (Å²) in [5.41, 5.74) is 0.437. The van der Waals surface area contributed by atoms with E-state index < -0.39 is 5.97 Å². The first-order valence-electron chi connectivity index (χ1n) is 4.49. The van der Waals surface area contributed by atoms with Gasteiger partial charge in [0, 0.05) is 11.6 Å². The molecule has 1 aromatic carbocycles. The van der Waals surface area contributed by atoms with Gasteiger partial charge in [0.05, 0.1) is 6.42 Å². The second kappa shape index (κ2) is 3.57. The van der Waals surface area contributed by atoms with Gasteiger partial charge >= 0.3 is 5.97 Å². The Morgan fingerprint density at radius 2 is 2.13 bits per heavy atom. The Bertz CT molecular complexity index is 571. The van der Waals surface area contributed by atoms with E-state index in [1.54, 1.807) is 30.5 Å². The van der Waals surface area contributed by atoms with Crippen molar-refractivity contribution < 1.29 is 9.90 Å². The molecule has 2 rings (SSSR count). The van der Waals surface area contributed by atoms with E-state index in [1.807, 2.05) is 0 Å². The summed E-state index contributed by atoms with van der Waals surface area (Å²) in [4.78, 5) is 24.5. The highest BCUT2D eigenvalue weighted by Gasteiger charge is 2.03. The number of aliphatic carboxylic acids is 1. The van der Waals surface area contributed by atoms with Gasteiger partial charge in [0.1, 0.15) is 0 Å². The Balaban J connectivity index is 2.59. The summed E-state index contributed by atoms with van der Waals surface area (Å²) >= 11 is 0. The molecule has 2 N–H and O–H groups in total. The molecule has 0 spiro atoms. The number of H-pyrrole nitrogens is 1. The third-order valence-electron chi connectivity index (χ3n) is 2.19. The van der Waals surface area contributed by atoms with Crippen LogP contribution >= 0.6 is 0 Å². The van der Waals surface area contributed by atoms with Gasteiger partial charge < -0.3 is 10.1 Å². The van der Waals surface area contributed by atoms with E-state index in [-0.39, 0.29) is 12.0 Å². The summed E-state index contributed by atoms with van der Waals surface area (Å²) in [6.07, 6.45) is 1.51. The summed E-state index contributed by atoms with van der Waals surface area (Å²) in [6.45, 7) is 0. The molecule has 4 nitrogen and oxygen atoms in total. The first-order valence-corrected chi connectivity index (χ1v) is 4.49. The van der Waals surface area contributed by atoms with Gasteiger partial charge in [0.25, 0.3) is 5.56 Å². The van der Waals surface area contributed by atoms with Crippen LogP contribution < -0.4 is 5.56 Å². The Morgan fingerprint density at radius 1 is 1.33 bits per heavy atom. The number of benzene rings is 1. The van der Waals surface area contributed by atoms with E-state index >= 15 is 0 Å². The van der Waals surface area contributed by atoms with Crippen molar-refractivity contribution >= 4 is 16.7 Å². The summed E-state index contributed by atoms with van der Waals surface area (Å²) < 4.78 is 0. The van der Waals surface area contributed by atoms with E-state index in [9.17, 15) is 9.59 Å². The van der Waals surface area contributed by atoms with E-state index in [2.05, 4.69) is 4.98 Å². The fourth-order valence-electron chi connectivity index (χ4n) is 1.51. The molecule has 0 radical (unpaired) electrons. The van der Waals surface area contributed by atoms with Crippen LogP contribution in [-0.2, 0) is 11.2 Å². The molecule has 0 aliphatic heterocycles. The minimum absolute atomic E-state index is 0.0652. The third-order valence-corrected chi connectivity index (χ3v) is 2.19. The zero-order valence-electron chi connectivity index (χ0n) is 7.86. The van der Waals surface area contributed by atoms with Crippen molar-refractivity contribution in [2.24, 2.45) is 0 Å². The Kier molecular flexibility index (Phi) is 2.25. The van der Waals surface area contributed by atoms with Crippen LogP contribution in [-0.4, -0.2) is 16.1 Å². The zero-order chi connectivity index (χ0) is 10.8. The lowest BCUT2D eigenvalue weighted by Gasteiger charge is -1.99. The number of carboxylic acids is 1. The molecule has 0 saturated carbocycles. The van der Waals surface area contributed by atoms with Crippen molar-refractivity contribution in [2.75, 3.05) is 0 Å². The molecule has 0 fully saturated rings. The number of fused-ring (bicyclic) bond motifs is 1.